The van der Waals surface area contributed by atoms with Crippen molar-refractivity contribution < 1.29 is 19.1 Å². The van der Waals surface area contributed by atoms with E-state index >= 15 is 0 Å². The molecule has 0 heterocycles. The summed E-state index contributed by atoms with van der Waals surface area (Å²) < 4.78 is 10.7. The van der Waals surface area contributed by atoms with Gasteiger partial charge in [0, 0.05) is 24.5 Å². The van der Waals surface area contributed by atoms with Crippen molar-refractivity contribution in [2.45, 2.75) is 78.3 Å². The summed E-state index contributed by atoms with van der Waals surface area (Å²) in [7, 11) is 0. The smallest absolute Gasteiger partial charge is 0.338 e. The fourth-order valence-corrected chi connectivity index (χ4v) is 4.19. The highest BCUT2D eigenvalue weighted by molar-refractivity contribution is 5.90. The molecule has 0 amide bonds. The molecule has 0 atom stereocenters. The Hall–Kier alpha value is -3.80. The number of ether oxygens (including phenoxy) is 2. The Balaban J connectivity index is 1.36. The second-order valence-corrected chi connectivity index (χ2v) is 10.1. The molecule has 40 heavy (non-hydrogen) atoms. The van der Waals surface area contributed by atoms with Crippen molar-refractivity contribution in [2.24, 2.45) is 0 Å². The number of carbonyl (C=O) groups excluding carboxylic acids is 2. The summed E-state index contributed by atoms with van der Waals surface area (Å²) in [4.78, 5) is 24.4. The largest absolute Gasteiger partial charge is 0.462 e. The van der Waals surface area contributed by atoms with Crippen molar-refractivity contribution >= 4 is 23.3 Å². The third kappa shape index (κ3) is 11.1. The monoisotopic (exact) mass is 544 g/mol. The first kappa shape index (κ1) is 30.7. The van der Waals surface area contributed by atoms with Gasteiger partial charge < -0.3 is 20.1 Å². The number of unbranched alkanes of at least 4 members (excludes halogenated alkanes) is 6. The Morgan fingerprint density at radius 2 is 0.900 bits per heavy atom. The van der Waals surface area contributed by atoms with Gasteiger partial charge in [0.2, 0.25) is 0 Å². The van der Waals surface area contributed by atoms with Gasteiger partial charge in [-0.25, -0.2) is 9.59 Å². The number of carbonyl (C=O) groups is 2. The molecule has 3 aromatic carbocycles. The molecule has 6 nitrogen and oxygen atoms in total. The lowest BCUT2D eigenvalue weighted by Crippen LogP contribution is -2.07. The van der Waals surface area contributed by atoms with E-state index in [0.717, 1.165) is 48.2 Å². The first-order chi connectivity index (χ1) is 19.6. The lowest BCUT2D eigenvalue weighted by atomic mass is 10.1. The molecule has 0 bridgehead atoms. The van der Waals surface area contributed by atoms with Crippen LogP contribution in [0.4, 0.5) is 11.4 Å². The van der Waals surface area contributed by atoms with Crippen LogP contribution >= 0.6 is 0 Å². The summed E-state index contributed by atoms with van der Waals surface area (Å²) in [6, 6.07) is 23.3. The molecule has 0 aliphatic rings. The molecule has 0 saturated carbocycles. The van der Waals surface area contributed by atoms with Gasteiger partial charge in [-0.1, -0.05) is 76.6 Å². The van der Waals surface area contributed by atoms with Crippen molar-refractivity contribution in [3.8, 4) is 0 Å². The lowest BCUT2D eigenvalue weighted by molar-refractivity contribution is 0.0488. The molecule has 214 valence electrons. The van der Waals surface area contributed by atoms with Crippen LogP contribution in [0.2, 0.25) is 0 Å². The van der Waals surface area contributed by atoms with Gasteiger partial charge in [0.15, 0.2) is 0 Å². The number of nitrogens with one attached hydrogen (secondary N) is 2. The first-order valence-electron chi connectivity index (χ1n) is 14.7. The van der Waals surface area contributed by atoms with Crippen LogP contribution in [-0.2, 0) is 22.6 Å². The number of benzene rings is 3. The first-order valence-corrected chi connectivity index (χ1v) is 14.7. The summed E-state index contributed by atoms with van der Waals surface area (Å²) in [6.07, 6.45) is 8.70. The highest BCUT2D eigenvalue weighted by Gasteiger charge is 2.08. The summed E-state index contributed by atoms with van der Waals surface area (Å²) in [5.74, 6) is -0.530. The van der Waals surface area contributed by atoms with Crippen molar-refractivity contribution in [1.29, 1.82) is 0 Å². The summed E-state index contributed by atoms with van der Waals surface area (Å²) >= 11 is 0. The molecule has 0 aliphatic heterocycles. The maximum Gasteiger partial charge on any atom is 0.338 e. The van der Waals surface area contributed by atoms with Crippen molar-refractivity contribution in [3.63, 3.8) is 0 Å². The maximum absolute atomic E-state index is 12.2. The minimum Gasteiger partial charge on any atom is -0.462 e. The van der Waals surface area contributed by atoms with Gasteiger partial charge >= 0.3 is 11.9 Å². The Labute approximate surface area is 239 Å². The quantitative estimate of drug-likeness (QED) is 0.124. The Morgan fingerprint density at radius 3 is 1.25 bits per heavy atom. The normalized spacial score (nSPS) is 10.7. The third-order valence-corrected chi connectivity index (χ3v) is 6.72. The summed E-state index contributed by atoms with van der Waals surface area (Å²) in [5.41, 5.74) is 5.38. The van der Waals surface area contributed by atoms with E-state index in [1.165, 1.54) is 25.7 Å². The molecule has 2 N–H and O–H groups in total. The number of hydrogen-bond acceptors (Lipinski definition) is 6. The van der Waals surface area contributed by atoms with E-state index in [1.807, 2.05) is 24.3 Å². The van der Waals surface area contributed by atoms with Gasteiger partial charge in [-0.05, 0) is 72.5 Å². The van der Waals surface area contributed by atoms with Gasteiger partial charge in [-0.2, -0.15) is 0 Å². The van der Waals surface area contributed by atoms with Gasteiger partial charge in [0.05, 0.1) is 24.3 Å². The van der Waals surface area contributed by atoms with E-state index in [1.54, 1.807) is 24.3 Å². The van der Waals surface area contributed by atoms with E-state index in [9.17, 15) is 9.59 Å². The molecule has 3 rings (SSSR count). The fourth-order valence-electron chi connectivity index (χ4n) is 4.19. The number of rotatable bonds is 18. The molecule has 0 unspecified atom stereocenters. The number of esters is 2. The van der Waals surface area contributed by atoms with Crippen LogP contribution in [0.1, 0.15) is 97.1 Å². The predicted octanol–water partition coefficient (Wildman–Crippen LogP) is 8.39. The minimum absolute atomic E-state index is 0.265. The molecule has 3 aromatic rings. The van der Waals surface area contributed by atoms with Gasteiger partial charge in [-0.15, -0.1) is 0 Å². The molecule has 0 fully saturated rings. The topological polar surface area (TPSA) is 76.7 Å². The molecule has 6 heteroatoms. The van der Waals surface area contributed by atoms with Crippen LogP contribution in [0.5, 0.6) is 0 Å². The van der Waals surface area contributed by atoms with Crippen molar-refractivity contribution in [3.05, 3.63) is 95.1 Å². The van der Waals surface area contributed by atoms with Crippen LogP contribution in [0.25, 0.3) is 0 Å². The SMILES string of the molecule is CCCCCCOC(=O)c1ccc(NCc2ccc(CNc3ccc(C(=O)OCCCCCC)cc3)cc2)cc1. The van der Waals surface area contributed by atoms with Gasteiger partial charge in [-0.3, -0.25) is 0 Å². The second-order valence-electron chi connectivity index (χ2n) is 10.1. The van der Waals surface area contributed by atoms with E-state index in [-0.39, 0.29) is 11.9 Å². The molecule has 0 aromatic heterocycles. The maximum atomic E-state index is 12.2. The van der Waals surface area contributed by atoms with E-state index in [4.69, 9.17) is 9.47 Å². The van der Waals surface area contributed by atoms with Crippen LogP contribution in [-0.4, -0.2) is 25.2 Å². The minimum atomic E-state index is -0.265. The van der Waals surface area contributed by atoms with Crippen molar-refractivity contribution in [1.82, 2.24) is 0 Å². The van der Waals surface area contributed by atoms with Crippen LogP contribution in [0, 0.1) is 0 Å². The summed E-state index contributed by atoms with van der Waals surface area (Å²) in [5, 5.41) is 6.80. The zero-order valence-corrected chi connectivity index (χ0v) is 24.0. The van der Waals surface area contributed by atoms with Crippen LogP contribution < -0.4 is 10.6 Å². The molecule has 0 aliphatic carbocycles. The fraction of sp³-hybridized carbons (Fsp3) is 0.412. The average Bonchev–Trinajstić information content (AvgIpc) is 2.99. The second kappa shape index (κ2) is 17.7. The average molecular weight is 545 g/mol. The summed E-state index contributed by atoms with van der Waals surface area (Å²) in [6.45, 7) is 6.65. The third-order valence-electron chi connectivity index (χ3n) is 6.72. The van der Waals surface area contributed by atoms with Gasteiger partial charge in [0.1, 0.15) is 0 Å². The van der Waals surface area contributed by atoms with E-state index < -0.39 is 0 Å². The number of anilines is 2. The lowest BCUT2D eigenvalue weighted by Gasteiger charge is -2.10. The molecular weight excluding hydrogens is 500 g/mol. The Morgan fingerprint density at radius 1 is 0.525 bits per heavy atom. The standard InChI is InChI=1S/C34H44N2O4/c1-3-5-7-9-23-39-33(37)29-15-19-31(20-16-29)35-25-27-11-13-28(14-12-27)26-36-32-21-17-30(18-22-32)34(38)40-24-10-8-6-4-2/h11-22,35-36H,3-10,23-26H2,1-2H3. The highest BCUT2D eigenvalue weighted by atomic mass is 16.5. The molecule has 0 spiro atoms. The zero-order chi connectivity index (χ0) is 28.4. The molecular formula is C34H44N2O4. The van der Waals surface area contributed by atoms with Gasteiger partial charge in [0.25, 0.3) is 0 Å². The van der Waals surface area contributed by atoms with E-state index in [0.29, 0.717) is 37.4 Å². The number of hydrogen-bond donors (Lipinski definition) is 2. The van der Waals surface area contributed by atoms with Crippen LogP contribution in [0.15, 0.2) is 72.8 Å². The molecule has 0 saturated heterocycles. The zero-order valence-electron chi connectivity index (χ0n) is 24.0. The van der Waals surface area contributed by atoms with E-state index in [2.05, 4.69) is 48.7 Å². The molecule has 0 radical (unpaired) electrons. The van der Waals surface area contributed by atoms with Crippen molar-refractivity contribution in [2.75, 3.05) is 23.8 Å². The highest BCUT2D eigenvalue weighted by Crippen LogP contribution is 2.15. The Bertz CT molecular complexity index is 1050. The predicted molar refractivity (Wildman–Crippen MR) is 163 cm³/mol. The van der Waals surface area contributed by atoms with Crippen LogP contribution in [0.3, 0.4) is 0 Å². The Kier molecular flexibility index (Phi) is 13.6.